The van der Waals surface area contributed by atoms with Crippen molar-refractivity contribution in [3.63, 3.8) is 0 Å². The van der Waals surface area contributed by atoms with Crippen LogP contribution in [0.4, 0.5) is 0 Å². The molecule has 0 heterocycles. The summed E-state index contributed by atoms with van der Waals surface area (Å²) < 4.78 is 15.5. The van der Waals surface area contributed by atoms with Crippen LogP contribution in [0, 0.1) is 0 Å². The van der Waals surface area contributed by atoms with Gasteiger partial charge in [-0.2, -0.15) is 0 Å². The predicted octanol–water partition coefficient (Wildman–Crippen LogP) is 9.48. The first-order valence-electron chi connectivity index (χ1n) is 17.2. The van der Waals surface area contributed by atoms with Crippen LogP contribution in [0.2, 0.25) is 0 Å². The van der Waals surface area contributed by atoms with Gasteiger partial charge < -0.3 is 19.3 Å². The lowest BCUT2D eigenvalue weighted by atomic mass is 10.1. The summed E-state index contributed by atoms with van der Waals surface area (Å²) in [6, 6.07) is 6.74. The van der Waals surface area contributed by atoms with Crippen molar-refractivity contribution in [3.05, 3.63) is 35.4 Å². The Hall–Kier alpha value is -2.90. The van der Waals surface area contributed by atoms with Crippen molar-refractivity contribution in [1.29, 1.82) is 0 Å². The van der Waals surface area contributed by atoms with Crippen LogP contribution in [-0.2, 0) is 23.8 Å². The van der Waals surface area contributed by atoms with Crippen molar-refractivity contribution >= 4 is 23.9 Å². The molecule has 0 spiro atoms. The molecule has 0 saturated carbocycles. The van der Waals surface area contributed by atoms with E-state index in [2.05, 4.69) is 13.8 Å². The first-order chi connectivity index (χ1) is 21.4. The van der Waals surface area contributed by atoms with Crippen molar-refractivity contribution in [2.24, 2.45) is 0 Å². The van der Waals surface area contributed by atoms with Crippen LogP contribution in [0.5, 0.6) is 0 Å². The highest BCUT2D eigenvalue weighted by molar-refractivity contribution is 6.03. The molecule has 8 nitrogen and oxygen atoms in total. The number of benzene rings is 1. The van der Waals surface area contributed by atoms with Crippen LogP contribution >= 0.6 is 0 Å². The zero-order valence-electron chi connectivity index (χ0n) is 27.9. The first-order valence-corrected chi connectivity index (χ1v) is 17.2. The third kappa shape index (κ3) is 24.5. The summed E-state index contributed by atoms with van der Waals surface area (Å²) in [6.45, 7) is 7.43. The maximum Gasteiger partial charge on any atom is 0.339 e. The van der Waals surface area contributed by atoms with Crippen molar-refractivity contribution in [1.82, 2.24) is 0 Å². The Labute approximate surface area is 266 Å². The van der Waals surface area contributed by atoms with E-state index in [4.69, 9.17) is 19.3 Å². The van der Waals surface area contributed by atoms with E-state index in [1.54, 1.807) is 31.2 Å². The molecule has 1 rings (SSSR count). The van der Waals surface area contributed by atoms with Crippen LogP contribution in [-0.4, -0.2) is 48.8 Å². The molecule has 0 aliphatic rings. The topological polar surface area (TPSA) is 116 Å². The molecular weight excluding hydrogens is 560 g/mol. The van der Waals surface area contributed by atoms with E-state index in [0.717, 1.165) is 64.2 Å². The van der Waals surface area contributed by atoms with E-state index in [1.807, 2.05) is 0 Å². The monoisotopic (exact) mass is 620 g/mol. The minimum absolute atomic E-state index is 0.117. The van der Waals surface area contributed by atoms with Gasteiger partial charge in [-0.1, -0.05) is 116 Å². The summed E-state index contributed by atoms with van der Waals surface area (Å²) in [5, 5.41) is 8.41. The van der Waals surface area contributed by atoms with E-state index in [1.165, 1.54) is 51.4 Å². The highest BCUT2D eigenvalue weighted by Crippen LogP contribution is 2.14. The summed E-state index contributed by atoms with van der Waals surface area (Å²) in [5.41, 5.74) is 0.586. The number of carboxylic acids is 1. The number of carboxylic acid groups (broad SMARTS) is 1. The maximum atomic E-state index is 12.4. The molecule has 0 aliphatic carbocycles. The Morgan fingerprint density at radius 3 is 1.32 bits per heavy atom. The Bertz CT molecular complexity index is 834. The third-order valence-corrected chi connectivity index (χ3v) is 7.16. The fourth-order valence-corrected chi connectivity index (χ4v) is 4.57. The molecule has 1 aromatic rings. The van der Waals surface area contributed by atoms with Gasteiger partial charge in [-0.3, -0.25) is 9.59 Å². The zero-order chi connectivity index (χ0) is 32.7. The molecule has 0 aromatic heterocycles. The average molecular weight is 621 g/mol. The fraction of sp³-hybridized carbons (Fsp3) is 0.722. The van der Waals surface area contributed by atoms with Crippen molar-refractivity contribution in [2.45, 2.75) is 149 Å². The molecule has 1 aromatic carbocycles. The summed E-state index contributed by atoms with van der Waals surface area (Å²) in [4.78, 5) is 45.9. The van der Waals surface area contributed by atoms with Crippen LogP contribution < -0.4 is 0 Å². The smallest absolute Gasteiger partial charge is 0.339 e. The number of carbonyl (C=O) groups is 4. The van der Waals surface area contributed by atoms with Crippen LogP contribution in [0.15, 0.2) is 24.3 Å². The van der Waals surface area contributed by atoms with Gasteiger partial charge in [0.1, 0.15) is 0 Å². The Morgan fingerprint density at radius 2 is 0.909 bits per heavy atom. The molecule has 44 heavy (non-hydrogen) atoms. The second-order valence-electron chi connectivity index (χ2n) is 11.2. The molecule has 0 amide bonds. The lowest BCUT2D eigenvalue weighted by Gasteiger charge is -2.10. The molecular formula is C36H60O8. The van der Waals surface area contributed by atoms with Gasteiger partial charge in [0.05, 0.1) is 30.9 Å². The highest BCUT2D eigenvalue weighted by atomic mass is 16.5. The number of ether oxygens (including phenoxy) is 3. The molecule has 252 valence electrons. The van der Waals surface area contributed by atoms with Crippen molar-refractivity contribution in [3.8, 4) is 0 Å². The molecule has 0 aliphatic heterocycles. The summed E-state index contributed by atoms with van der Waals surface area (Å²) in [7, 11) is 0. The third-order valence-electron chi connectivity index (χ3n) is 7.16. The SMILES string of the molecule is CCCCCCCCOC(=O)c1ccccc1C(=O)OCCCCCCCC.CCOC(=O)CCCCCCCCC(=O)O. The maximum absolute atomic E-state index is 12.4. The Morgan fingerprint density at radius 1 is 0.523 bits per heavy atom. The standard InChI is InChI=1S/C24H38O4.C12H22O4/c1-3-5-7-9-11-15-19-27-23(25)21-17-13-14-18-22(21)24(26)28-20-16-12-10-8-6-4-2;1-2-16-12(15)10-8-6-4-3-5-7-9-11(13)14/h13-14,17-18H,3-12,15-16,19-20H2,1-2H3;2-10H2,1H3,(H,13,14). The van der Waals surface area contributed by atoms with Crippen LogP contribution in [0.25, 0.3) is 0 Å². The zero-order valence-corrected chi connectivity index (χ0v) is 27.9. The largest absolute Gasteiger partial charge is 0.481 e. The molecule has 0 fully saturated rings. The highest BCUT2D eigenvalue weighted by Gasteiger charge is 2.18. The average Bonchev–Trinajstić information content (AvgIpc) is 3.01. The van der Waals surface area contributed by atoms with Gasteiger partial charge >= 0.3 is 23.9 Å². The first kappa shape index (κ1) is 41.1. The van der Waals surface area contributed by atoms with Gasteiger partial charge in [-0.05, 0) is 44.7 Å². The van der Waals surface area contributed by atoms with Crippen molar-refractivity contribution < 1.29 is 38.5 Å². The summed E-state index contributed by atoms with van der Waals surface area (Å²) in [6.07, 6.45) is 20.1. The van der Waals surface area contributed by atoms with Gasteiger partial charge in [0.25, 0.3) is 0 Å². The molecule has 8 heteroatoms. The van der Waals surface area contributed by atoms with Gasteiger partial charge in [0.2, 0.25) is 0 Å². The van der Waals surface area contributed by atoms with E-state index >= 15 is 0 Å². The van der Waals surface area contributed by atoms with Gasteiger partial charge in [0.15, 0.2) is 0 Å². The number of unbranched alkanes of at least 4 members (excludes halogenated alkanes) is 15. The molecule has 0 unspecified atom stereocenters. The van der Waals surface area contributed by atoms with Gasteiger partial charge in [-0.15, -0.1) is 0 Å². The lowest BCUT2D eigenvalue weighted by Crippen LogP contribution is -2.15. The van der Waals surface area contributed by atoms with Crippen LogP contribution in [0.1, 0.15) is 170 Å². The molecule has 1 N–H and O–H groups in total. The van der Waals surface area contributed by atoms with Gasteiger partial charge in [-0.25, -0.2) is 9.59 Å². The number of rotatable bonds is 26. The molecule has 0 atom stereocenters. The molecule has 0 bridgehead atoms. The van der Waals surface area contributed by atoms with E-state index in [0.29, 0.717) is 37.4 Å². The van der Waals surface area contributed by atoms with Crippen molar-refractivity contribution in [2.75, 3.05) is 19.8 Å². The Balaban J connectivity index is 0.000000983. The minimum atomic E-state index is -0.720. The second kappa shape index (κ2) is 30.1. The van der Waals surface area contributed by atoms with E-state index in [9.17, 15) is 19.2 Å². The second-order valence-corrected chi connectivity index (χ2v) is 11.2. The number of hydrogen-bond donors (Lipinski definition) is 1. The number of carbonyl (C=O) groups excluding carboxylic acids is 3. The minimum Gasteiger partial charge on any atom is -0.481 e. The number of aliphatic carboxylic acids is 1. The predicted molar refractivity (Wildman–Crippen MR) is 175 cm³/mol. The fourth-order valence-electron chi connectivity index (χ4n) is 4.57. The van der Waals surface area contributed by atoms with E-state index < -0.39 is 17.9 Å². The van der Waals surface area contributed by atoms with Gasteiger partial charge in [0, 0.05) is 12.8 Å². The molecule has 0 radical (unpaired) electrons. The quantitative estimate of drug-likeness (QED) is 0.0618. The van der Waals surface area contributed by atoms with Crippen LogP contribution in [0.3, 0.4) is 0 Å². The number of esters is 3. The summed E-state index contributed by atoms with van der Waals surface area (Å²) >= 11 is 0. The lowest BCUT2D eigenvalue weighted by molar-refractivity contribution is -0.143. The Kier molecular flexibility index (Phi) is 28.2. The number of hydrogen-bond acceptors (Lipinski definition) is 7. The summed E-state index contributed by atoms with van der Waals surface area (Å²) in [5.74, 6) is -1.72. The van der Waals surface area contributed by atoms with E-state index in [-0.39, 0.29) is 12.4 Å². The molecule has 0 saturated heterocycles. The normalized spacial score (nSPS) is 10.4.